The molecule has 0 N–H and O–H groups in total. The van der Waals surface area contributed by atoms with E-state index in [1.165, 1.54) is 0 Å². The molecule has 0 atom stereocenters. The van der Waals surface area contributed by atoms with Gasteiger partial charge in [-0.25, -0.2) is 13.2 Å². The smallest absolute Gasteiger partial charge is 0.194 e. The van der Waals surface area contributed by atoms with Gasteiger partial charge in [0.1, 0.15) is 0 Å². The molecule has 0 aromatic heterocycles. The van der Waals surface area contributed by atoms with Crippen molar-refractivity contribution in [1.82, 2.24) is 0 Å². The van der Waals surface area contributed by atoms with Crippen LogP contribution in [0.1, 0.15) is 22.3 Å². The summed E-state index contributed by atoms with van der Waals surface area (Å²) < 4.78 is 42.4. The van der Waals surface area contributed by atoms with Gasteiger partial charge in [0, 0.05) is 0 Å². The monoisotopic (exact) mass is 371 g/mol. The van der Waals surface area contributed by atoms with Crippen LogP contribution in [0.5, 0.6) is 0 Å². The molecule has 1 aliphatic carbocycles. The van der Waals surface area contributed by atoms with E-state index in [4.69, 9.17) is 0 Å². The van der Waals surface area contributed by atoms with Crippen molar-refractivity contribution in [2.75, 3.05) is 0 Å². The molecule has 28 heavy (non-hydrogen) atoms. The molecule has 0 saturated heterocycles. The molecule has 3 heteroatoms. The van der Waals surface area contributed by atoms with Gasteiger partial charge in [0.15, 0.2) is 17.5 Å². The maximum Gasteiger partial charge on any atom is 0.194 e. The molecule has 0 aliphatic heterocycles. The number of hydrogen-bond donors (Lipinski definition) is 0. The zero-order valence-corrected chi connectivity index (χ0v) is 14.7. The van der Waals surface area contributed by atoms with Gasteiger partial charge in [-0.15, -0.1) is 0 Å². The summed E-state index contributed by atoms with van der Waals surface area (Å²) in [5, 5.41) is 0. The molecule has 0 unspecified atom stereocenters. The largest absolute Gasteiger partial charge is 0.204 e. The van der Waals surface area contributed by atoms with Gasteiger partial charge in [0.05, 0.1) is 5.41 Å². The fourth-order valence-electron chi connectivity index (χ4n) is 4.43. The number of halogens is 3. The molecule has 0 spiro atoms. The van der Waals surface area contributed by atoms with Gasteiger partial charge in [-0.05, 0) is 51.6 Å². The summed E-state index contributed by atoms with van der Waals surface area (Å²) in [6.07, 6.45) is 0. The third-order valence-electron chi connectivity index (χ3n) is 5.52. The second-order valence-electron chi connectivity index (χ2n) is 6.88. The molecule has 0 fully saturated rings. The van der Waals surface area contributed by atoms with Crippen molar-refractivity contribution >= 4 is 0 Å². The van der Waals surface area contributed by atoms with Crippen LogP contribution < -0.4 is 0 Å². The Hall–Kier alpha value is -3.33. The Balaban J connectivity index is 1.98. The first kappa shape index (κ1) is 16.8. The molecule has 1 aliphatic rings. The summed E-state index contributed by atoms with van der Waals surface area (Å²) in [5.41, 5.74) is 4.06. The van der Waals surface area contributed by atoms with Crippen molar-refractivity contribution in [3.63, 3.8) is 0 Å². The highest BCUT2D eigenvalue weighted by atomic mass is 19.2. The minimum atomic E-state index is -1.46. The molecule has 0 amide bonds. The number of fused-ring (bicyclic) bond motifs is 3. The van der Waals surface area contributed by atoms with E-state index >= 15 is 0 Å². The van der Waals surface area contributed by atoms with E-state index in [1.807, 2.05) is 60.7 Å². The van der Waals surface area contributed by atoms with Crippen LogP contribution in [0, 0.1) is 23.5 Å². The second-order valence-corrected chi connectivity index (χ2v) is 6.88. The Morgan fingerprint density at radius 2 is 1.11 bits per heavy atom. The van der Waals surface area contributed by atoms with Crippen LogP contribution >= 0.6 is 0 Å². The van der Waals surface area contributed by atoms with Crippen LogP contribution in [-0.4, -0.2) is 0 Å². The zero-order chi connectivity index (χ0) is 19.3. The fraction of sp³-hybridized carbons (Fsp3) is 0.0400. The molecule has 0 nitrogen and oxygen atoms in total. The van der Waals surface area contributed by atoms with Gasteiger partial charge in [-0.2, -0.15) is 0 Å². The molecule has 5 rings (SSSR count). The molecule has 0 saturated carbocycles. The average molecular weight is 371 g/mol. The maximum absolute atomic E-state index is 14.3. The normalized spacial score (nSPS) is 13.8. The van der Waals surface area contributed by atoms with Crippen LogP contribution in [0.3, 0.4) is 0 Å². The lowest BCUT2D eigenvalue weighted by Crippen LogP contribution is -2.29. The highest BCUT2D eigenvalue weighted by Gasteiger charge is 2.46. The molecule has 1 radical (unpaired) electrons. The van der Waals surface area contributed by atoms with E-state index < -0.39 is 22.9 Å². The summed E-state index contributed by atoms with van der Waals surface area (Å²) >= 11 is 0. The van der Waals surface area contributed by atoms with Crippen LogP contribution in [0.25, 0.3) is 11.1 Å². The van der Waals surface area contributed by atoms with Crippen molar-refractivity contribution in [1.29, 1.82) is 0 Å². The van der Waals surface area contributed by atoms with Gasteiger partial charge in [0.2, 0.25) is 0 Å². The third kappa shape index (κ3) is 2.13. The van der Waals surface area contributed by atoms with E-state index in [-0.39, 0.29) is 0 Å². The lowest BCUT2D eigenvalue weighted by atomic mass is 9.67. The van der Waals surface area contributed by atoms with Crippen molar-refractivity contribution < 1.29 is 13.2 Å². The van der Waals surface area contributed by atoms with E-state index in [0.29, 0.717) is 5.56 Å². The molecule has 135 valence electrons. The zero-order valence-electron chi connectivity index (χ0n) is 14.7. The molecule has 0 heterocycles. The van der Waals surface area contributed by atoms with Crippen LogP contribution in [0.4, 0.5) is 13.2 Å². The highest BCUT2D eigenvalue weighted by molar-refractivity contribution is 5.86. The summed E-state index contributed by atoms with van der Waals surface area (Å²) in [6, 6.07) is 28.2. The van der Waals surface area contributed by atoms with Gasteiger partial charge in [-0.3, -0.25) is 0 Å². The lowest BCUT2D eigenvalue weighted by Gasteiger charge is -2.33. The lowest BCUT2D eigenvalue weighted by molar-refractivity contribution is 0.443. The van der Waals surface area contributed by atoms with E-state index in [0.717, 1.165) is 39.9 Å². The van der Waals surface area contributed by atoms with E-state index in [9.17, 15) is 13.2 Å². The Bertz CT molecular complexity index is 1130. The SMILES string of the molecule is Fc1cc(C2(c3cc[c]cc3)c3ccccc3-c3ccccc32)cc(F)c1F. The van der Waals surface area contributed by atoms with Gasteiger partial charge in [0.25, 0.3) is 0 Å². The Morgan fingerprint density at radius 1 is 0.607 bits per heavy atom. The summed E-state index contributed by atoms with van der Waals surface area (Å²) in [7, 11) is 0. The number of rotatable bonds is 2. The van der Waals surface area contributed by atoms with Crippen LogP contribution in [0.15, 0.2) is 84.9 Å². The first-order valence-corrected chi connectivity index (χ1v) is 8.95. The van der Waals surface area contributed by atoms with Gasteiger partial charge in [-0.1, -0.05) is 72.8 Å². The number of benzene rings is 4. The van der Waals surface area contributed by atoms with Crippen LogP contribution in [0.2, 0.25) is 0 Å². The van der Waals surface area contributed by atoms with E-state index in [2.05, 4.69) is 6.07 Å². The summed E-state index contributed by atoms with van der Waals surface area (Å²) in [4.78, 5) is 0. The van der Waals surface area contributed by atoms with Crippen LogP contribution in [-0.2, 0) is 5.41 Å². The highest BCUT2D eigenvalue weighted by Crippen LogP contribution is 2.56. The van der Waals surface area contributed by atoms with Crippen molar-refractivity contribution in [3.05, 3.63) is 131 Å². The van der Waals surface area contributed by atoms with Crippen molar-refractivity contribution in [2.24, 2.45) is 0 Å². The third-order valence-corrected chi connectivity index (χ3v) is 5.52. The minimum Gasteiger partial charge on any atom is -0.204 e. The Labute approximate surface area is 160 Å². The predicted octanol–water partition coefficient (Wildman–Crippen LogP) is 6.27. The Morgan fingerprint density at radius 3 is 1.64 bits per heavy atom. The number of hydrogen-bond acceptors (Lipinski definition) is 0. The molecule has 0 bridgehead atoms. The standard InChI is InChI=1S/C25H14F3/c26-22-14-17(15-23(27)24(22)28)25(16-8-2-1-3-9-16)20-12-6-4-10-18(20)19-11-5-7-13-21(19)25/h2-15H. The maximum atomic E-state index is 14.3. The van der Waals surface area contributed by atoms with Gasteiger partial charge >= 0.3 is 0 Å². The molecule has 4 aromatic rings. The average Bonchev–Trinajstić information content (AvgIpc) is 3.04. The summed E-state index contributed by atoms with van der Waals surface area (Å²) in [6.45, 7) is 0. The minimum absolute atomic E-state index is 0.354. The second kappa shape index (κ2) is 6.10. The summed E-state index contributed by atoms with van der Waals surface area (Å²) in [5.74, 6) is -3.85. The molecular weight excluding hydrogens is 357 g/mol. The first-order valence-electron chi connectivity index (χ1n) is 8.95. The topological polar surface area (TPSA) is 0 Å². The van der Waals surface area contributed by atoms with Crippen molar-refractivity contribution in [3.8, 4) is 11.1 Å². The Kier molecular flexibility index (Phi) is 3.66. The van der Waals surface area contributed by atoms with Gasteiger partial charge < -0.3 is 0 Å². The van der Waals surface area contributed by atoms with E-state index in [1.54, 1.807) is 12.1 Å². The van der Waals surface area contributed by atoms with Crippen molar-refractivity contribution in [2.45, 2.75) is 5.41 Å². The fourth-order valence-corrected chi connectivity index (χ4v) is 4.43. The molecule has 4 aromatic carbocycles. The molecular formula is C25H14F3. The quantitative estimate of drug-likeness (QED) is 0.321. The predicted molar refractivity (Wildman–Crippen MR) is 102 cm³/mol. The first-order chi connectivity index (χ1) is 13.6.